The van der Waals surface area contributed by atoms with Crippen LogP contribution in [0, 0.1) is 12.8 Å². The van der Waals surface area contributed by atoms with E-state index in [-0.39, 0.29) is 24.0 Å². The predicted octanol–water partition coefficient (Wildman–Crippen LogP) is 3.67. The zero-order chi connectivity index (χ0) is 15.8. The lowest BCUT2D eigenvalue weighted by Crippen LogP contribution is -2.35. The second-order valence-electron chi connectivity index (χ2n) is 5.94. The predicted molar refractivity (Wildman–Crippen MR) is 105 cm³/mol. The van der Waals surface area contributed by atoms with Crippen molar-refractivity contribution >= 4 is 29.9 Å². The molecule has 0 radical (unpaired) electrons. The molecular formula is C17H30IN3O. The maximum atomic E-state index is 5.96. The van der Waals surface area contributed by atoms with E-state index >= 15 is 0 Å². The summed E-state index contributed by atoms with van der Waals surface area (Å²) in [5.74, 6) is 2.49. The smallest absolute Gasteiger partial charge is 0.193 e. The average Bonchev–Trinajstić information content (AvgIpc) is 2.40. The molecule has 1 N–H and O–H groups in total. The van der Waals surface area contributed by atoms with E-state index in [2.05, 4.69) is 49.3 Å². The van der Waals surface area contributed by atoms with Gasteiger partial charge >= 0.3 is 0 Å². The molecule has 0 aliphatic rings. The molecule has 1 aromatic carbocycles. The second kappa shape index (κ2) is 10.7. The van der Waals surface area contributed by atoms with Gasteiger partial charge < -0.3 is 15.0 Å². The van der Waals surface area contributed by atoms with Crippen LogP contribution in [-0.4, -0.2) is 38.6 Å². The van der Waals surface area contributed by atoms with Gasteiger partial charge in [0, 0.05) is 33.3 Å². The number of hydrogen-bond donors (Lipinski definition) is 1. The van der Waals surface area contributed by atoms with Gasteiger partial charge in [0.15, 0.2) is 5.96 Å². The van der Waals surface area contributed by atoms with Crippen molar-refractivity contribution in [1.29, 1.82) is 0 Å². The Hall–Kier alpha value is -0.980. The van der Waals surface area contributed by atoms with Crippen molar-refractivity contribution in [3.8, 4) is 5.75 Å². The Morgan fingerprint density at radius 1 is 1.32 bits per heavy atom. The summed E-state index contributed by atoms with van der Waals surface area (Å²) in [4.78, 5) is 6.19. The van der Waals surface area contributed by atoms with Gasteiger partial charge in [0.1, 0.15) is 5.75 Å². The van der Waals surface area contributed by atoms with Gasteiger partial charge in [-0.1, -0.05) is 26.0 Å². The highest BCUT2D eigenvalue weighted by Gasteiger charge is 2.07. The molecule has 0 spiro atoms. The van der Waals surface area contributed by atoms with Gasteiger partial charge in [-0.3, -0.25) is 4.99 Å². The molecule has 1 rings (SSSR count). The van der Waals surface area contributed by atoms with Crippen LogP contribution >= 0.6 is 24.0 Å². The topological polar surface area (TPSA) is 36.9 Å². The number of benzene rings is 1. The molecule has 0 aromatic heterocycles. The lowest BCUT2D eigenvalue weighted by molar-refractivity contribution is 0.286. The SMILES string of the molecule is CN=C(NCc1ccc(C)cc1OCCC(C)C)N(C)C.I. The number of ether oxygens (including phenoxy) is 1. The molecule has 0 saturated carbocycles. The van der Waals surface area contributed by atoms with E-state index in [1.54, 1.807) is 7.05 Å². The number of guanidine groups is 1. The van der Waals surface area contributed by atoms with Crippen LogP contribution in [0.5, 0.6) is 5.75 Å². The zero-order valence-corrected chi connectivity index (χ0v) is 17.0. The van der Waals surface area contributed by atoms with Gasteiger partial charge in [0.05, 0.1) is 6.61 Å². The number of nitrogens with one attached hydrogen (secondary N) is 1. The Morgan fingerprint density at radius 3 is 2.55 bits per heavy atom. The van der Waals surface area contributed by atoms with Crippen molar-refractivity contribution in [3.63, 3.8) is 0 Å². The van der Waals surface area contributed by atoms with Crippen molar-refractivity contribution in [3.05, 3.63) is 29.3 Å². The number of nitrogens with zero attached hydrogens (tertiary/aromatic N) is 2. The van der Waals surface area contributed by atoms with E-state index in [1.165, 1.54) is 5.56 Å². The first-order chi connectivity index (χ1) is 9.93. The van der Waals surface area contributed by atoms with Crippen LogP contribution in [0.15, 0.2) is 23.2 Å². The Labute approximate surface area is 152 Å². The van der Waals surface area contributed by atoms with Crippen LogP contribution in [0.4, 0.5) is 0 Å². The molecule has 22 heavy (non-hydrogen) atoms. The first kappa shape index (κ1) is 21.0. The third-order valence-electron chi connectivity index (χ3n) is 3.25. The van der Waals surface area contributed by atoms with Crippen molar-refractivity contribution in [2.24, 2.45) is 10.9 Å². The summed E-state index contributed by atoms with van der Waals surface area (Å²) in [6, 6.07) is 6.34. The highest BCUT2D eigenvalue weighted by Crippen LogP contribution is 2.21. The van der Waals surface area contributed by atoms with Gasteiger partial charge in [-0.2, -0.15) is 0 Å². The van der Waals surface area contributed by atoms with Gasteiger partial charge in [0.25, 0.3) is 0 Å². The molecule has 0 unspecified atom stereocenters. The lowest BCUT2D eigenvalue weighted by Gasteiger charge is -2.18. The number of halogens is 1. The maximum Gasteiger partial charge on any atom is 0.193 e. The standard InChI is InChI=1S/C17H29N3O.HI/c1-13(2)9-10-21-16-11-14(3)7-8-15(16)12-19-17(18-4)20(5)6;/h7-8,11,13H,9-10,12H2,1-6H3,(H,18,19);1H. The number of aryl methyl sites for hydroxylation is 1. The number of rotatable bonds is 6. The van der Waals surface area contributed by atoms with Gasteiger partial charge in [-0.05, 0) is 30.9 Å². The quantitative estimate of drug-likeness (QED) is 0.434. The molecule has 126 valence electrons. The normalized spacial score (nSPS) is 11.1. The largest absolute Gasteiger partial charge is 0.493 e. The summed E-state index contributed by atoms with van der Waals surface area (Å²) >= 11 is 0. The molecular weight excluding hydrogens is 389 g/mol. The molecule has 0 amide bonds. The summed E-state index contributed by atoms with van der Waals surface area (Å²) in [6.07, 6.45) is 1.07. The zero-order valence-electron chi connectivity index (χ0n) is 14.6. The molecule has 0 atom stereocenters. The molecule has 4 nitrogen and oxygen atoms in total. The fourth-order valence-corrected chi connectivity index (χ4v) is 1.96. The van der Waals surface area contributed by atoms with E-state index in [0.29, 0.717) is 12.5 Å². The Morgan fingerprint density at radius 2 is 2.00 bits per heavy atom. The fraction of sp³-hybridized carbons (Fsp3) is 0.588. The summed E-state index contributed by atoms with van der Waals surface area (Å²) in [7, 11) is 5.74. The van der Waals surface area contributed by atoms with Crippen LogP contribution in [0.2, 0.25) is 0 Å². The summed E-state index contributed by atoms with van der Waals surface area (Å²) < 4.78 is 5.96. The second-order valence-corrected chi connectivity index (χ2v) is 5.94. The molecule has 1 aromatic rings. The maximum absolute atomic E-state index is 5.96. The van der Waals surface area contributed by atoms with Crippen LogP contribution < -0.4 is 10.1 Å². The lowest BCUT2D eigenvalue weighted by atomic mass is 10.1. The third-order valence-corrected chi connectivity index (χ3v) is 3.25. The van der Waals surface area contributed by atoms with E-state index < -0.39 is 0 Å². The van der Waals surface area contributed by atoms with E-state index in [4.69, 9.17) is 4.74 Å². The highest BCUT2D eigenvalue weighted by atomic mass is 127. The minimum atomic E-state index is 0. The molecule has 0 heterocycles. The Kier molecular flexibility index (Phi) is 10.2. The summed E-state index contributed by atoms with van der Waals surface area (Å²) in [6.45, 7) is 7.98. The molecule has 5 heteroatoms. The minimum Gasteiger partial charge on any atom is -0.493 e. The average molecular weight is 419 g/mol. The first-order valence-corrected chi connectivity index (χ1v) is 7.54. The summed E-state index contributed by atoms with van der Waals surface area (Å²) in [5, 5.41) is 3.34. The third kappa shape index (κ3) is 7.33. The molecule has 0 bridgehead atoms. The molecule has 0 saturated heterocycles. The van der Waals surface area contributed by atoms with Gasteiger partial charge in [0.2, 0.25) is 0 Å². The summed E-state index contributed by atoms with van der Waals surface area (Å²) in [5.41, 5.74) is 2.38. The molecule has 0 aliphatic heterocycles. The minimum absolute atomic E-state index is 0. The van der Waals surface area contributed by atoms with Crippen molar-refractivity contribution in [2.75, 3.05) is 27.7 Å². The van der Waals surface area contributed by atoms with Gasteiger partial charge in [-0.25, -0.2) is 0 Å². The van der Waals surface area contributed by atoms with E-state index in [1.807, 2.05) is 19.0 Å². The number of hydrogen-bond acceptors (Lipinski definition) is 2. The van der Waals surface area contributed by atoms with E-state index in [9.17, 15) is 0 Å². The monoisotopic (exact) mass is 419 g/mol. The van der Waals surface area contributed by atoms with Crippen LogP contribution in [0.25, 0.3) is 0 Å². The molecule has 0 aliphatic carbocycles. The number of aliphatic imine (C=N–C) groups is 1. The Balaban J connectivity index is 0.00000441. The van der Waals surface area contributed by atoms with Crippen molar-refractivity contribution in [2.45, 2.75) is 33.7 Å². The first-order valence-electron chi connectivity index (χ1n) is 7.54. The van der Waals surface area contributed by atoms with Crippen LogP contribution in [0.1, 0.15) is 31.4 Å². The van der Waals surface area contributed by atoms with E-state index in [0.717, 1.165) is 30.3 Å². The fourth-order valence-electron chi connectivity index (χ4n) is 1.96. The van der Waals surface area contributed by atoms with Crippen molar-refractivity contribution in [1.82, 2.24) is 10.2 Å². The Bertz CT molecular complexity index is 473. The van der Waals surface area contributed by atoms with Crippen molar-refractivity contribution < 1.29 is 4.74 Å². The highest BCUT2D eigenvalue weighted by molar-refractivity contribution is 14.0. The molecule has 0 fully saturated rings. The van der Waals surface area contributed by atoms with Crippen LogP contribution in [0.3, 0.4) is 0 Å². The van der Waals surface area contributed by atoms with Gasteiger partial charge in [-0.15, -0.1) is 24.0 Å². The van der Waals surface area contributed by atoms with Crippen LogP contribution in [-0.2, 0) is 6.54 Å².